The zero-order valence-electron chi connectivity index (χ0n) is 12.0. The Morgan fingerprint density at radius 3 is 1.94 bits per heavy atom. The zero-order chi connectivity index (χ0) is 13.2. The number of rotatable bonds is 3. The summed E-state index contributed by atoms with van der Waals surface area (Å²) in [5.74, 6) is 0. The van der Waals surface area contributed by atoms with Crippen LogP contribution in [0, 0.1) is 13.8 Å². The van der Waals surface area contributed by atoms with Crippen molar-refractivity contribution in [3.05, 3.63) is 34.4 Å². The normalized spacial score (nSPS) is 12.2. The molecule has 1 rings (SSSR count). The van der Waals surface area contributed by atoms with Crippen molar-refractivity contribution in [2.45, 2.75) is 46.6 Å². The van der Waals surface area contributed by atoms with Gasteiger partial charge in [-0.25, -0.2) is 0 Å². The Bertz CT molecular complexity index is 367. The molecule has 0 amide bonds. The van der Waals surface area contributed by atoms with Crippen LogP contribution in [0.3, 0.4) is 0 Å². The fourth-order valence-corrected chi connectivity index (χ4v) is 2.00. The van der Waals surface area contributed by atoms with Gasteiger partial charge in [0, 0.05) is 6.54 Å². The van der Waals surface area contributed by atoms with E-state index in [0.717, 1.165) is 6.54 Å². The predicted molar refractivity (Wildman–Crippen MR) is 73.2 cm³/mol. The number of benzene rings is 1. The standard InChI is InChI=1S/C15H25NO/c1-11-7-13(15(3,4)5)8-12(2)14(11)9-16(6)10-17/h7-8,17H,9-10H2,1-6H3. The van der Waals surface area contributed by atoms with Crippen molar-refractivity contribution in [1.82, 2.24) is 4.90 Å². The molecule has 1 aromatic carbocycles. The molecular formula is C15H25NO. The first-order valence-corrected chi connectivity index (χ1v) is 6.15. The maximum Gasteiger partial charge on any atom is 0.0956 e. The van der Waals surface area contributed by atoms with Crippen molar-refractivity contribution in [2.24, 2.45) is 0 Å². The van der Waals surface area contributed by atoms with E-state index < -0.39 is 0 Å². The molecule has 0 unspecified atom stereocenters. The van der Waals surface area contributed by atoms with E-state index in [1.807, 2.05) is 11.9 Å². The maximum absolute atomic E-state index is 9.09. The van der Waals surface area contributed by atoms with Crippen LogP contribution in [0.4, 0.5) is 0 Å². The van der Waals surface area contributed by atoms with E-state index >= 15 is 0 Å². The van der Waals surface area contributed by atoms with Crippen LogP contribution in [-0.4, -0.2) is 23.8 Å². The molecule has 0 saturated heterocycles. The molecule has 0 bridgehead atoms. The second-order valence-corrected chi connectivity index (χ2v) is 5.99. The maximum atomic E-state index is 9.09. The third-order valence-corrected chi connectivity index (χ3v) is 3.23. The lowest BCUT2D eigenvalue weighted by Gasteiger charge is -2.23. The van der Waals surface area contributed by atoms with Crippen LogP contribution in [0.25, 0.3) is 0 Å². The number of aryl methyl sites for hydroxylation is 2. The Labute approximate surface area is 105 Å². The highest BCUT2D eigenvalue weighted by Crippen LogP contribution is 2.27. The van der Waals surface area contributed by atoms with Gasteiger partial charge in [0.05, 0.1) is 6.73 Å². The molecule has 0 aliphatic heterocycles. The number of hydrogen-bond acceptors (Lipinski definition) is 2. The van der Waals surface area contributed by atoms with Crippen molar-refractivity contribution in [3.63, 3.8) is 0 Å². The second-order valence-electron chi connectivity index (χ2n) is 5.99. The number of aliphatic hydroxyl groups excluding tert-OH is 1. The van der Waals surface area contributed by atoms with Crippen molar-refractivity contribution in [2.75, 3.05) is 13.8 Å². The molecule has 0 fully saturated rings. The van der Waals surface area contributed by atoms with E-state index in [0.29, 0.717) is 0 Å². The molecule has 2 heteroatoms. The average Bonchev–Trinajstić information content (AvgIpc) is 2.21. The van der Waals surface area contributed by atoms with Gasteiger partial charge in [-0.1, -0.05) is 32.9 Å². The van der Waals surface area contributed by atoms with E-state index in [9.17, 15) is 0 Å². The van der Waals surface area contributed by atoms with Gasteiger partial charge in [0.25, 0.3) is 0 Å². The largest absolute Gasteiger partial charge is 0.381 e. The number of hydrogen-bond donors (Lipinski definition) is 1. The summed E-state index contributed by atoms with van der Waals surface area (Å²) < 4.78 is 0. The molecule has 1 aromatic rings. The first-order chi connectivity index (χ1) is 7.75. The molecule has 0 aliphatic carbocycles. The minimum absolute atomic E-state index is 0.0971. The number of nitrogens with zero attached hydrogens (tertiary/aromatic N) is 1. The number of aliphatic hydroxyl groups is 1. The molecule has 0 heterocycles. The summed E-state index contributed by atoms with van der Waals surface area (Å²) in [6, 6.07) is 4.54. The van der Waals surface area contributed by atoms with Gasteiger partial charge in [-0.05, 0) is 48.6 Å². The summed E-state index contributed by atoms with van der Waals surface area (Å²) in [6.07, 6.45) is 0. The lowest BCUT2D eigenvalue weighted by Crippen LogP contribution is -2.20. The molecule has 17 heavy (non-hydrogen) atoms. The van der Waals surface area contributed by atoms with Crippen molar-refractivity contribution >= 4 is 0 Å². The van der Waals surface area contributed by atoms with Crippen LogP contribution in [0.1, 0.15) is 43.0 Å². The molecule has 0 atom stereocenters. The van der Waals surface area contributed by atoms with Gasteiger partial charge in [-0.2, -0.15) is 0 Å². The van der Waals surface area contributed by atoms with E-state index in [4.69, 9.17) is 5.11 Å². The fraction of sp³-hybridized carbons (Fsp3) is 0.600. The summed E-state index contributed by atoms with van der Waals surface area (Å²) in [5.41, 5.74) is 5.53. The van der Waals surface area contributed by atoms with Gasteiger partial charge in [0.1, 0.15) is 0 Å². The quantitative estimate of drug-likeness (QED) is 0.814. The first kappa shape index (κ1) is 14.2. The third kappa shape index (κ3) is 3.55. The Balaban J connectivity index is 3.11. The highest BCUT2D eigenvalue weighted by molar-refractivity contribution is 5.40. The molecule has 96 valence electrons. The van der Waals surface area contributed by atoms with E-state index in [-0.39, 0.29) is 12.1 Å². The molecule has 0 aliphatic rings. The second kappa shape index (κ2) is 5.19. The Kier molecular flexibility index (Phi) is 4.34. The average molecular weight is 235 g/mol. The lowest BCUT2D eigenvalue weighted by atomic mass is 9.84. The molecular weight excluding hydrogens is 210 g/mol. The van der Waals surface area contributed by atoms with Gasteiger partial charge in [-0.15, -0.1) is 0 Å². The van der Waals surface area contributed by atoms with E-state index in [2.05, 4.69) is 46.8 Å². The Hall–Kier alpha value is -0.860. The van der Waals surface area contributed by atoms with Crippen LogP contribution in [0.2, 0.25) is 0 Å². The monoisotopic (exact) mass is 235 g/mol. The molecule has 2 nitrogen and oxygen atoms in total. The topological polar surface area (TPSA) is 23.5 Å². The molecule has 1 N–H and O–H groups in total. The molecule has 0 saturated carbocycles. The third-order valence-electron chi connectivity index (χ3n) is 3.23. The summed E-state index contributed by atoms with van der Waals surface area (Å²) in [6.45, 7) is 11.9. The molecule has 0 spiro atoms. The van der Waals surface area contributed by atoms with Crippen LogP contribution in [0.15, 0.2) is 12.1 Å². The van der Waals surface area contributed by atoms with Gasteiger partial charge in [0.15, 0.2) is 0 Å². The van der Waals surface area contributed by atoms with E-state index in [1.165, 1.54) is 22.3 Å². The van der Waals surface area contributed by atoms with Gasteiger partial charge in [0.2, 0.25) is 0 Å². The summed E-state index contributed by atoms with van der Waals surface area (Å²) >= 11 is 0. The fourth-order valence-electron chi connectivity index (χ4n) is 2.00. The van der Waals surface area contributed by atoms with Crippen molar-refractivity contribution in [1.29, 1.82) is 0 Å². The zero-order valence-corrected chi connectivity index (χ0v) is 12.0. The smallest absolute Gasteiger partial charge is 0.0956 e. The highest BCUT2D eigenvalue weighted by atomic mass is 16.3. The van der Waals surface area contributed by atoms with Crippen LogP contribution >= 0.6 is 0 Å². The van der Waals surface area contributed by atoms with Gasteiger partial charge >= 0.3 is 0 Å². The van der Waals surface area contributed by atoms with Crippen LogP contribution in [0.5, 0.6) is 0 Å². The lowest BCUT2D eigenvalue weighted by molar-refractivity contribution is 0.126. The predicted octanol–water partition coefficient (Wildman–Crippen LogP) is 2.98. The summed E-state index contributed by atoms with van der Waals surface area (Å²) in [5, 5.41) is 9.09. The molecule has 0 radical (unpaired) electrons. The SMILES string of the molecule is Cc1cc(C(C)(C)C)cc(C)c1CN(C)CO. The summed E-state index contributed by atoms with van der Waals surface area (Å²) in [7, 11) is 1.93. The summed E-state index contributed by atoms with van der Waals surface area (Å²) in [4.78, 5) is 1.91. The molecule has 0 aromatic heterocycles. The van der Waals surface area contributed by atoms with Gasteiger partial charge < -0.3 is 5.11 Å². The Morgan fingerprint density at radius 1 is 1.12 bits per heavy atom. The minimum Gasteiger partial charge on any atom is -0.381 e. The van der Waals surface area contributed by atoms with Crippen LogP contribution < -0.4 is 0 Å². The van der Waals surface area contributed by atoms with Crippen molar-refractivity contribution in [3.8, 4) is 0 Å². The first-order valence-electron chi connectivity index (χ1n) is 6.15. The van der Waals surface area contributed by atoms with Crippen LogP contribution in [-0.2, 0) is 12.0 Å². The minimum atomic E-state index is 0.0971. The van der Waals surface area contributed by atoms with E-state index in [1.54, 1.807) is 0 Å². The Morgan fingerprint density at radius 2 is 1.59 bits per heavy atom. The van der Waals surface area contributed by atoms with Gasteiger partial charge in [-0.3, -0.25) is 4.90 Å². The highest BCUT2D eigenvalue weighted by Gasteiger charge is 2.16. The van der Waals surface area contributed by atoms with Crippen molar-refractivity contribution < 1.29 is 5.11 Å².